The van der Waals surface area contributed by atoms with Gasteiger partial charge in [-0.25, -0.2) is 9.48 Å². The van der Waals surface area contributed by atoms with Crippen LogP contribution in [0, 0.1) is 6.92 Å². The first kappa shape index (κ1) is 18.7. The molecule has 0 amide bonds. The number of nitrogens with zero attached hydrogens (tertiary/aromatic N) is 2. The predicted molar refractivity (Wildman–Crippen MR) is 107 cm³/mol. The third-order valence-corrected chi connectivity index (χ3v) is 4.51. The van der Waals surface area contributed by atoms with Crippen molar-refractivity contribution in [1.82, 2.24) is 9.78 Å². The highest BCUT2D eigenvalue weighted by Gasteiger charge is 2.17. The van der Waals surface area contributed by atoms with Crippen LogP contribution in [0.1, 0.15) is 27.2 Å². The fraction of sp³-hybridized carbons (Fsp3) is 0.143. The van der Waals surface area contributed by atoms with E-state index in [-0.39, 0.29) is 0 Å². The number of methoxy groups -OCH3 is 2. The van der Waals surface area contributed by atoms with Gasteiger partial charge in [-0.3, -0.25) is 0 Å². The van der Waals surface area contributed by atoms with Crippen LogP contribution in [-0.4, -0.2) is 30.0 Å². The Balaban J connectivity index is 2.03. The Labute approximate surface area is 162 Å². The summed E-state index contributed by atoms with van der Waals surface area (Å²) in [6, 6.07) is 15.0. The zero-order valence-electron chi connectivity index (χ0n) is 15.3. The summed E-state index contributed by atoms with van der Waals surface area (Å²) < 4.78 is 11.9. The number of para-hydroxylation sites is 1. The Morgan fingerprint density at radius 1 is 1.07 bits per heavy atom. The highest BCUT2D eigenvalue weighted by molar-refractivity contribution is 6.31. The summed E-state index contributed by atoms with van der Waals surface area (Å²) in [6.07, 6.45) is 3.64. The Kier molecular flexibility index (Phi) is 5.62. The predicted octanol–water partition coefficient (Wildman–Crippen LogP) is 4.80. The third kappa shape index (κ3) is 3.73. The minimum atomic E-state index is -0.463. The van der Waals surface area contributed by atoms with E-state index in [1.165, 1.54) is 14.2 Å². The molecule has 0 aliphatic carbocycles. The number of ether oxygens (including phenoxy) is 2. The van der Waals surface area contributed by atoms with E-state index >= 15 is 0 Å². The quantitative estimate of drug-likeness (QED) is 0.595. The van der Waals surface area contributed by atoms with E-state index in [1.54, 1.807) is 16.8 Å². The first-order valence-electron chi connectivity index (χ1n) is 8.30. The molecule has 0 N–H and O–H groups in total. The van der Waals surface area contributed by atoms with Crippen LogP contribution in [0.4, 0.5) is 0 Å². The van der Waals surface area contributed by atoms with Crippen LogP contribution >= 0.6 is 11.6 Å². The van der Waals surface area contributed by atoms with Gasteiger partial charge in [-0.1, -0.05) is 48.0 Å². The van der Waals surface area contributed by atoms with E-state index in [4.69, 9.17) is 21.1 Å². The van der Waals surface area contributed by atoms with Crippen LogP contribution < -0.4 is 4.74 Å². The fourth-order valence-electron chi connectivity index (χ4n) is 2.79. The van der Waals surface area contributed by atoms with Crippen molar-refractivity contribution in [2.24, 2.45) is 0 Å². The molecular formula is C21H19ClN2O3. The van der Waals surface area contributed by atoms with Crippen LogP contribution in [0.2, 0.25) is 5.15 Å². The number of aryl methyl sites for hydroxylation is 1. The Morgan fingerprint density at radius 3 is 2.48 bits per heavy atom. The van der Waals surface area contributed by atoms with Gasteiger partial charge >= 0.3 is 5.97 Å². The number of hydrogen-bond acceptors (Lipinski definition) is 4. The van der Waals surface area contributed by atoms with Crippen molar-refractivity contribution in [2.45, 2.75) is 6.92 Å². The molecule has 0 bridgehead atoms. The van der Waals surface area contributed by atoms with Gasteiger partial charge in [0.15, 0.2) is 0 Å². The molecule has 0 atom stereocenters. The molecule has 0 saturated carbocycles. The maximum atomic E-state index is 12.2. The van der Waals surface area contributed by atoms with Crippen molar-refractivity contribution in [2.75, 3.05) is 14.2 Å². The summed E-state index contributed by atoms with van der Waals surface area (Å²) in [5.74, 6) is -0.0123. The topological polar surface area (TPSA) is 53.3 Å². The van der Waals surface area contributed by atoms with Crippen LogP contribution in [0.3, 0.4) is 0 Å². The molecule has 0 aliphatic heterocycles. The van der Waals surface area contributed by atoms with Crippen LogP contribution in [-0.2, 0) is 4.74 Å². The molecular weight excluding hydrogens is 364 g/mol. The van der Waals surface area contributed by atoms with Crippen molar-refractivity contribution in [3.05, 3.63) is 76.1 Å². The molecule has 0 aliphatic rings. The van der Waals surface area contributed by atoms with Crippen molar-refractivity contribution in [3.8, 4) is 11.4 Å². The molecule has 2 aromatic carbocycles. The fourth-order valence-corrected chi connectivity index (χ4v) is 3.13. The summed E-state index contributed by atoms with van der Waals surface area (Å²) in [4.78, 5) is 12.2. The van der Waals surface area contributed by atoms with E-state index in [1.807, 2.05) is 55.5 Å². The van der Waals surface area contributed by atoms with Crippen molar-refractivity contribution in [1.29, 1.82) is 0 Å². The molecule has 3 aromatic rings. The van der Waals surface area contributed by atoms with Gasteiger partial charge in [0.25, 0.3) is 0 Å². The number of esters is 1. The second-order valence-corrected chi connectivity index (χ2v) is 6.14. The minimum Gasteiger partial charge on any atom is -0.496 e. The van der Waals surface area contributed by atoms with Crippen LogP contribution in [0.5, 0.6) is 5.75 Å². The van der Waals surface area contributed by atoms with Crippen LogP contribution in [0.15, 0.2) is 48.5 Å². The summed E-state index contributed by atoms with van der Waals surface area (Å²) in [7, 11) is 2.85. The number of aromatic nitrogens is 2. The molecule has 1 heterocycles. The van der Waals surface area contributed by atoms with Gasteiger partial charge in [-0.2, -0.15) is 5.10 Å². The molecule has 0 radical (unpaired) electrons. The number of rotatable bonds is 5. The summed E-state index contributed by atoms with van der Waals surface area (Å²) in [5, 5.41) is 5.01. The van der Waals surface area contributed by atoms with E-state index in [0.29, 0.717) is 22.0 Å². The van der Waals surface area contributed by atoms with Gasteiger partial charge in [0.2, 0.25) is 0 Å². The smallest absolute Gasteiger partial charge is 0.342 e. The van der Waals surface area contributed by atoms with Gasteiger partial charge in [-0.05, 0) is 36.8 Å². The minimum absolute atomic E-state index is 0.364. The van der Waals surface area contributed by atoms with Gasteiger partial charge in [0.1, 0.15) is 16.5 Å². The van der Waals surface area contributed by atoms with Crippen LogP contribution in [0.25, 0.3) is 17.8 Å². The van der Waals surface area contributed by atoms with Gasteiger partial charge in [-0.15, -0.1) is 0 Å². The standard InChI is InChI=1S/C21H19ClN2O3/c1-14-17(20(22)24(23-14)16-9-5-4-6-10-16)13-12-15-8-7-11-18(26-2)19(15)21(25)27-3/h4-13H,1-3H3. The van der Waals surface area contributed by atoms with Crippen molar-refractivity contribution < 1.29 is 14.3 Å². The maximum absolute atomic E-state index is 12.2. The number of benzene rings is 2. The first-order valence-corrected chi connectivity index (χ1v) is 8.68. The SMILES string of the molecule is COC(=O)c1c(C=Cc2c(C)nn(-c3ccccc3)c2Cl)cccc1OC. The van der Waals surface area contributed by atoms with E-state index in [9.17, 15) is 4.79 Å². The number of carbonyl (C=O) groups excluding carboxylic acids is 1. The van der Waals surface area contributed by atoms with Gasteiger partial charge in [0, 0.05) is 5.56 Å². The maximum Gasteiger partial charge on any atom is 0.342 e. The molecule has 6 heteroatoms. The Hall–Kier alpha value is -3.05. The average molecular weight is 383 g/mol. The Bertz CT molecular complexity index is 994. The molecule has 138 valence electrons. The van der Waals surface area contributed by atoms with E-state index in [2.05, 4.69) is 5.10 Å². The van der Waals surface area contributed by atoms with E-state index in [0.717, 1.165) is 16.9 Å². The molecule has 3 rings (SSSR count). The molecule has 1 aromatic heterocycles. The van der Waals surface area contributed by atoms with Gasteiger partial charge < -0.3 is 9.47 Å². The Morgan fingerprint density at radius 2 is 1.81 bits per heavy atom. The molecule has 27 heavy (non-hydrogen) atoms. The lowest BCUT2D eigenvalue weighted by molar-refractivity contribution is 0.0597. The normalized spacial score (nSPS) is 11.0. The number of halogens is 1. The zero-order valence-corrected chi connectivity index (χ0v) is 16.0. The van der Waals surface area contributed by atoms with Crippen molar-refractivity contribution >= 4 is 29.7 Å². The largest absolute Gasteiger partial charge is 0.496 e. The second kappa shape index (κ2) is 8.10. The summed E-state index contributed by atoms with van der Waals surface area (Å²) >= 11 is 6.55. The lowest BCUT2D eigenvalue weighted by Gasteiger charge is -2.09. The molecule has 0 saturated heterocycles. The molecule has 5 nitrogen and oxygen atoms in total. The monoisotopic (exact) mass is 382 g/mol. The first-order chi connectivity index (χ1) is 13.1. The summed E-state index contributed by atoms with van der Waals surface area (Å²) in [5.41, 5.74) is 3.47. The highest BCUT2D eigenvalue weighted by Crippen LogP contribution is 2.28. The lowest BCUT2D eigenvalue weighted by Crippen LogP contribution is -2.06. The second-order valence-electron chi connectivity index (χ2n) is 5.79. The highest BCUT2D eigenvalue weighted by atomic mass is 35.5. The zero-order chi connectivity index (χ0) is 19.4. The molecule has 0 spiro atoms. The van der Waals surface area contributed by atoms with E-state index < -0.39 is 5.97 Å². The summed E-state index contributed by atoms with van der Waals surface area (Å²) in [6.45, 7) is 1.89. The average Bonchev–Trinajstić information content (AvgIpc) is 2.99. The number of carbonyl (C=O) groups is 1. The van der Waals surface area contributed by atoms with Gasteiger partial charge in [0.05, 0.1) is 25.6 Å². The molecule has 0 unspecified atom stereocenters. The third-order valence-electron chi connectivity index (χ3n) is 4.15. The number of hydrogen-bond donors (Lipinski definition) is 0. The molecule has 0 fully saturated rings. The van der Waals surface area contributed by atoms with Crippen molar-refractivity contribution in [3.63, 3.8) is 0 Å². The lowest BCUT2D eigenvalue weighted by atomic mass is 10.0.